The Balaban J connectivity index is 1.73. The predicted octanol–water partition coefficient (Wildman–Crippen LogP) is 4.61. The number of anilines is 2. The van der Waals surface area contributed by atoms with Gasteiger partial charge in [0.2, 0.25) is 11.0 Å². The highest BCUT2D eigenvalue weighted by molar-refractivity contribution is 7.98. The molecule has 1 atom stereocenters. The van der Waals surface area contributed by atoms with E-state index in [1.165, 1.54) is 17.4 Å². The van der Waals surface area contributed by atoms with Gasteiger partial charge in [-0.25, -0.2) is 0 Å². The van der Waals surface area contributed by atoms with Crippen molar-refractivity contribution in [1.29, 1.82) is 0 Å². The first-order valence-electron chi connectivity index (χ1n) is 9.39. The van der Waals surface area contributed by atoms with E-state index in [0.29, 0.717) is 16.7 Å². The van der Waals surface area contributed by atoms with Gasteiger partial charge in [0, 0.05) is 35.6 Å². The molecule has 7 heteroatoms. The number of aromatic nitrogens is 3. The Bertz CT molecular complexity index is 959. The van der Waals surface area contributed by atoms with Gasteiger partial charge in [0.15, 0.2) is 11.9 Å². The lowest BCUT2D eigenvalue weighted by molar-refractivity contribution is 0.225. The molecule has 0 bridgehead atoms. The Morgan fingerprint density at radius 3 is 2.50 bits per heavy atom. The molecule has 0 aliphatic carbocycles. The fraction of sp³-hybridized carbons (Fsp3) is 0.286. The van der Waals surface area contributed by atoms with Crippen molar-refractivity contribution in [2.75, 3.05) is 29.6 Å². The van der Waals surface area contributed by atoms with Crippen LogP contribution in [0.4, 0.5) is 11.4 Å². The van der Waals surface area contributed by atoms with E-state index in [9.17, 15) is 0 Å². The van der Waals surface area contributed by atoms with Crippen LogP contribution in [0.1, 0.15) is 25.6 Å². The molecule has 2 aromatic carbocycles. The number of hydrogen-bond acceptors (Lipinski definition) is 7. The highest BCUT2D eigenvalue weighted by Crippen LogP contribution is 2.39. The fourth-order valence-corrected chi connectivity index (χ4v) is 3.63. The minimum absolute atomic E-state index is 0.362. The summed E-state index contributed by atoms with van der Waals surface area (Å²) >= 11 is 1.45. The van der Waals surface area contributed by atoms with Gasteiger partial charge < -0.3 is 15.0 Å². The van der Waals surface area contributed by atoms with Crippen LogP contribution < -0.4 is 15.0 Å². The number of nitrogens with zero attached hydrogens (tertiary/aromatic N) is 4. The number of nitrogens with one attached hydrogen (secondary N) is 1. The maximum absolute atomic E-state index is 6.27. The summed E-state index contributed by atoms with van der Waals surface area (Å²) in [6.07, 6.45) is 1.56. The van der Waals surface area contributed by atoms with Gasteiger partial charge >= 0.3 is 0 Å². The largest absolute Gasteiger partial charge is 0.448 e. The van der Waals surface area contributed by atoms with E-state index in [-0.39, 0.29) is 6.23 Å². The first-order valence-corrected chi connectivity index (χ1v) is 10.6. The van der Waals surface area contributed by atoms with Crippen molar-refractivity contribution < 1.29 is 4.74 Å². The average Bonchev–Trinajstić information content (AvgIpc) is 2.91. The Morgan fingerprint density at radius 1 is 1.04 bits per heavy atom. The molecule has 1 aliphatic heterocycles. The van der Waals surface area contributed by atoms with Gasteiger partial charge in [-0.2, -0.15) is 4.98 Å². The quantitative estimate of drug-likeness (QED) is 0.635. The van der Waals surface area contributed by atoms with Gasteiger partial charge in [0.05, 0.1) is 0 Å². The summed E-state index contributed by atoms with van der Waals surface area (Å²) < 4.78 is 6.27. The third kappa shape index (κ3) is 3.49. The van der Waals surface area contributed by atoms with E-state index in [0.717, 1.165) is 29.9 Å². The molecular formula is C21H23N5OS. The number of rotatable bonds is 5. The zero-order valence-electron chi connectivity index (χ0n) is 16.2. The number of fused-ring (bicyclic) bond motifs is 3. The molecule has 0 saturated carbocycles. The van der Waals surface area contributed by atoms with E-state index in [1.807, 2.05) is 30.5 Å². The zero-order chi connectivity index (χ0) is 19.5. The molecule has 3 aromatic rings. The van der Waals surface area contributed by atoms with Gasteiger partial charge in [0.1, 0.15) is 0 Å². The highest BCUT2D eigenvalue weighted by atomic mass is 32.2. The van der Waals surface area contributed by atoms with Crippen LogP contribution in [0.5, 0.6) is 5.88 Å². The molecule has 28 heavy (non-hydrogen) atoms. The Kier molecular flexibility index (Phi) is 5.34. The van der Waals surface area contributed by atoms with Crippen LogP contribution >= 0.6 is 11.8 Å². The van der Waals surface area contributed by atoms with Crippen LogP contribution in [0.15, 0.2) is 53.7 Å². The summed E-state index contributed by atoms with van der Waals surface area (Å²) in [4.78, 5) is 6.87. The topological polar surface area (TPSA) is 63.2 Å². The molecular weight excluding hydrogens is 370 g/mol. The average molecular weight is 394 g/mol. The summed E-state index contributed by atoms with van der Waals surface area (Å²) in [6, 6.07) is 16.5. The lowest BCUT2D eigenvalue weighted by Crippen LogP contribution is -2.22. The molecule has 0 fully saturated rings. The third-order valence-corrected chi connectivity index (χ3v) is 5.38. The van der Waals surface area contributed by atoms with Crippen molar-refractivity contribution in [2.45, 2.75) is 25.2 Å². The second-order valence-electron chi connectivity index (χ2n) is 6.40. The minimum Gasteiger partial charge on any atom is -0.448 e. The summed E-state index contributed by atoms with van der Waals surface area (Å²) in [5.74, 6) is 0.495. The van der Waals surface area contributed by atoms with Crippen molar-refractivity contribution in [2.24, 2.45) is 0 Å². The number of thioether (sulfide) groups is 1. The SMILES string of the molecule is CCN(CC)c1ccc([C@@H]2Nc3ccccc3-c3nnc(SC)nc3O2)cc1. The molecule has 0 spiro atoms. The second kappa shape index (κ2) is 8.06. The smallest absolute Gasteiger partial charge is 0.247 e. The summed E-state index contributed by atoms with van der Waals surface area (Å²) in [7, 11) is 0. The highest BCUT2D eigenvalue weighted by Gasteiger charge is 2.25. The van der Waals surface area contributed by atoms with Crippen LogP contribution in [-0.2, 0) is 0 Å². The lowest BCUT2D eigenvalue weighted by atomic mass is 10.1. The molecule has 0 saturated heterocycles. The van der Waals surface area contributed by atoms with Crippen molar-refractivity contribution >= 4 is 23.1 Å². The lowest BCUT2D eigenvalue weighted by Gasteiger charge is -2.23. The molecule has 2 heterocycles. The molecule has 0 radical (unpaired) electrons. The molecule has 1 aromatic heterocycles. The predicted molar refractivity (Wildman–Crippen MR) is 114 cm³/mol. The van der Waals surface area contributed by atoms with Gasteiger partial charge in [-0.1, -0.05) is 42.1 Å². The first kappa shape index (κ1) is 18.6. The van der Waals surface area contributed by atoms with Crippen LogP contribution in [0.25, 0.3) is 11.3 Å². The van der Waals surface area contributed by atoms with Crippen molar-refractivity contribution in [3.05, 3.63) is 54.1 Å². The van der Waals surface area contributed by atoms with E-state index >= 15 is 0 Å². The number of hydrogen-bond donors (Lipinski definition) is 1. The van der Waals surface area contributed by atoms with Crippen LogP contribution in [0, 0.1) is 0 Å². The summed E-state index contributed by atoms with van der Waals surface area (Å²) in [5.41, 5.74) is 4.78. The normalized spacial score (nSPS) is 14.9. The van der Waals surface area contributed by atoms with E-state index in [4.69, 9.17) is 4.74 Å². The van der Waals surface area contributed by atoms with Gasteiger partial charge in [0.25, 0.3) is 0 Å². The maximum atomic E-state index is 6.27. The maximum Gasteiger partial charge on any atom is 0.247 e. The van der Waals surface area contributed by atoms with E-state index in [1.54, 1.807) is 0 Å². The number of benzene rings is 2. The number of ether oxygens (including phenoxy) is 1. The second-order valence-corrected chi connectivity index (χ2v) is 7.18. The zero-order valence-corrected chi connectivity index (χ0v) is 17.0. The molecule has 0 amide bonds. The molecule has 1 N–H and O–H groups in total. The van der Waals surface area contributed by atoms with Crippen LogP contribution in [-0.4, -0.2) is 34.5 Å². The standard InChI is InChI=1S/C21H23N5OS/c1-4-26(5-2)15-12-10-14(11-13-15)19-22-17-9-7-6-8-16(17)18-20(27-19)23-21(28-3)25-24-18/h6-13,19,22H,4-5H2,1-3H3/t19-/m1/s1. The van der Waals surface area contributed by atoms with Gasteiger partial charge in [-0.3, -0.25) is 0 Å². The van der Waals surface area contributed by atoms with E-state index < -0.39 is 0 Å². The molecule has 1 aliphatic rings. The molecule has 4 rings (SSSR count). The molecule has 0 unspecified atom stereocenters. The van der Waals surface area contributed by atoms with Gasteiger partial charge in [-0.15, -0.1) is 10.2 Å². The van der Waals surface area contributed by atoms with Crippen LogP contribution in [0.2, 0.25) is 0 Å². The Morgan fingerprint density at radius 2 is 1.79 bits per heavy atom. The van der Waals surface area contributed by atoms with Crippen molar-refractivity contribution in [3.8, 4) is 17.1 Å². The molecule has 144 valence electrons. The fourth-order valence-electron chi connectivity index (χ4n) is 3.33. The monoisotopic (exact) mass is 393 g/mol. The van der Waals surface area contributed by atoms with Crippen molar-refractivity contribution in [3.63, 3.8) is 0 Å². The third-order valence-electron chi connectivity index (χ3n) is 4.84. The Labute approximate surface area is 169 Å². The van der Waals surface area contributed by atoms with Crippen molar-refractivity contribution in [1.82, 2.24) is 15.2 Å². The Hall–Kier alpha value is -2.80. The first-order chi connectivity index (χ1) is 13.7. The van der Waals surface area contributed by atoms with Crippen LogP contribution in [0.3, 0.4) is 0 Å². The molecule has 6 nitrogen and oxygen atoms in total. The minimum atomic E-state index is -0.362. The summed E-state index contributed by atoms with van der Waals surface area (Å²) in [5, 5.41) is 12.6. The van der Waals surface area contributed by atoms with E-state index in [2.05, 4.69) is 63.5 Å². The summed E-state index contributed by atoms with van der Waals surface area (Å²) in [6.45, 7) is 6.29. The van der Waals surface area contributed by atoms with Gasteiger partial charge in [-0.05, 0) is 38.3 Å². The number of para-hydroxylation sites is 1.